The Morgan fingerprint density at radius 2 is 1.84 bits per heavy atom. The minimum atomic E-state index is 0.0755. The van der Waals surface area contributed by atoms with Gasteiger partial charge in [-0.1, -0.05) is 47.0 Å². The molecule has 1 fully saturated rings. The second-order valence-corrected chi connectivity index (χ2v) is 7.07. The van der Waals surface area contributed by atoms with E-state index in [-0.39, 0.29) is 17.9 Å². The van der Waals surface area contributed by atoms with Gasteiger partial charge in [0.2, 0.25) is 5.91 Å². The molecule has 1 aliphatic rings. The highest BCUT2D eigenvalue weighted by molar-refractivity contribution is 5.76. The lowest BCUT2D eigenvalue weighted by Crippen LogP contribution is -2.44. The molecule has 0 radical (unpaired) electrons. The molecule has 19 heavy (non-hydrogen) atoms. The Labute approximate surface area is 118 Å². The Kier molecular flexibility index (Phi) is 6.31. The van der Waals surface area contributed by atoms with Crippen LogP contribution in [-0.2, 0) is 4.79 Å². The third-order valence-electron chi connectivity index (χ3n) is 4.64. The highest BCUT2D eigenvalue weighted by atomic mass is 16.3. The molecule has 0 aromatic carbocycles. The van der Waals surface area contributed by atoms with E-state index in [0.29, 0.717) is 24.9 Å². The van der Waals surface area contributed by atoms with Crippen LogP contribution in [0.15, 0.2) is 0 Å². The van der Waals surface area contributed by atoms with Crippen LogP contribution in [-0.4, -0.2) is 35.1 Å². The number of hydrogen-bond acceptors (Lipinski definition) is 2. The lowest BCUT2D eigenvalue weighted by molar-refractivity contribution is -0.136. The van der Waals surface area contributed by atoms with Crippen molar-refractivity contribution < 1.29 is 9.90 Å². The average molecular weight is 269 g/mol. The molecular formula is C16H31NO2. The van der Waals surface area contributed by atoms with Crippen molar-refractivity contribution in [1.82, 2.24) is 4.90 Å². The summed E-state index contributed by atoms with van der Waals surface area (Å²) in [5, 5.41) is 9.22. The van der Waals surface area contributed by atoms with Gasteiger partial charge in [0.15, 0.2) is 0 Å². The summed E-state index contributed by atoms with van der Waals surface area (Å²) in [4.78, 5) is 14.5. The summed E-state index contributed by atoms with van der Waals surface area (Å²) in [7, 11) is 0. The number of carbonyl (C=O) groups excluding carboxylic acids is 1. The van der Waals surface area contributed by atoms with Gasteiger partial charge in [0.25, 0.3) is 0 Å². The third-order valence-corrected chi connectivity index (χ3v) is 4.64. The van der Waals surface area contributed by atoms with Crippen LogP contribution >= 0.6 is 0 Å². The van der Waals surface area contributed by atoms with Gasteiger partial charge in [-0.05, 0) is 24.2 Å². The third kappa shape index (κ3) is 5.13. The van der Waals surface area contributed by atoms with E-state index in [9.17, 15) is 9.90 Å². The van der Waals surface area contributed by atoms with Crippen molar-refractivity contribution in [1.29, 1.82) is 0 Å². The van der Waals surface area contributed by atoms with Gasteiger partial charge in [-0.15, -0.1) is 0 Å². The first-order valence-electron chi connectivity index (χ1n) is 7.76. The Morgan fingerprint density at radius 1 is 1.26 bits per heavy atom. The number of nitrogens with zero attached hydrogens (tertiary/aromatic N) is 1. The quantitative estimate of drug-likeness (QED) is 0.832. The van der Waals surface area contributed by atoms with Gasteiger partial charge in [-0.3, -0.25) is 4.79 Å². The van der Waals surface area contributed by atoms with E-state index in [1.54, 1.807) is 0 Å². The van der Waals surface area contributed by atoms with E-state index < -0.39 is 0 Å². The van der Waals surface area contributed by atoms with E-state index in [4.69, 9.17) is 0 Å². The predicted octanol–water partition coefficient (Wildman–Crippen LogP) is 3.21. The van der Waals surface area contributed by atoms with Gasteiger partial charge in [-0.25, -0.2) is 0 Å². The van der Waals surface area contributed by atoms with Crippen LogP contribution < -0.4 is 0 Å². The SMILES string of the molecule is CC(CC(=O)N(CCO)C1CCCCC1)C(C)(C)C. The van der Waals surface area contributed by atoms with Crippen molar-refractivity contribution >= 4 is 5.91 Å². The molecule has 3 heteroatoms. The number of carbonyl (C=O) groups is 1. The molecule has 0 bridgehead atoms. The number of aliphatic hydroxyl groups excluding tert-OH is 1. The molecule has 1 atom stereocenters. The zero-order valence-corrected chi connectivity index (χ0v) is 13.1. The van der Waals surface area contributed by atoms with Crippen LogP contribution in [0.2, 0.25) is 0 Å². The highest BCUT2D eigenvalue weighted by Gasteiger charge is 2.29. The molecule has 0 spiro atoms. The minimum absolute atomic E-state index is 0.0755. The van der Waals surface area contributed by atoms with Gasteiger partial charge in [0.05, 0.1) is 6.61 Å². The molecule has 0 aliphatic heterocycles. The Balaban J connectivity index is 2.61. The summed E-state index contributed by atoms with van der Waals surface area (Å²) in [6, 6.07) is 0.362. The second-order valence-electron chi connectivity index (χ2n) is 7.07. The van der Waals surface area contributed by atoms with Crippen LogP contribution in [0.25, 0.3) is 0 Å². The zero-order valence-electron chi connectivity index (χ0n) is 13.1. The number of aliphatic hydroxyl groups is 1. The normalized spacial score (nSPS) is 19.2. The van der Waals surface area contributed by atoms with Crippen molar-refractivity contribution in [2.24, 2.45) is 11.3 Å². The molecule has 0 aromatic rings. The molecule has 0 aromatic heterocycles. The van der Waals surface area contributed by atoms with Crippen molar-refractivity contribution in [3.05, 3.63) is 0 Å². The molecule has 3 nitrogen and oxygen atoms in total. The fourth-order valence-corrected chi connectivity index (χ4v) is 2.70. The maximum Gasteiger partial charge on any atom is 0.223 e. The van der Waals surface area contributed by atoms with Crippen molar-refractivity contribution in [2.45, 2.75) is 72.3 Å². The van der Waals surface area contributed by atoms with Crippen molar-refractivity contribution in [2.75, 3.05) is 13.2 Å². The van der Waals surface area contributed by atoms with E-state index in [1.165, 1.54) is 19.3 Å². The first-order chi connectivity index (χ1) is 8.86. The molecule has 1 saturated carbocycles. The molecule has 112 valence electrons. The number of amides is 1. The summed E-state index contributed by atoms with van der Waals surface area (Å²) in [6.45, 7) is 9.27. The van der Waals surface area contributed by atoms with Gasteiger partial charge in [-0.2, -0.15) is 0 Å². The number of hydrogen-bond donors (Lipinski definition) is 1. The Morgan fingerprint density at radius 3 is 2.32 bits per heavy atom. The maximum absolute atomic E-state index is 12.5. The monoisotopic (exact) mass is 269 g/mol. The Hall–Kier alpha value is -0.570. The predicted molar refractivity (Wildman–Crippen MR) is 78.9 cm³/mol. The summed E-state index contributed by atoms with van der Waals surface area (Å²) in [5.41, 5.74) is 0.160. The summed E-state index contributed by atoms with van der Waals surface area (Å²) < 4.78 is 0. The molecule has 0 saturated heterocycles. The fourth-order valence-electron chi connectivity index (χ4n) is 2.70. The van der Waals surface area contributed by atoms with Crippen LogP contribution in [0, 0.1) is 11.3 Å². The fraction of sp³-hybridized carbons (Fsp3) is 0.938. The van der Waals surface area contributed by atoms with Gasteiger partial charge in [0, 0.05) is 19.0 Å². The molecule has 1 N–H and O–H groups in total. The van der Waals surface area contributed by atoms with Crippen LogP contribution in [0.3, 0.4) is 0 Å². The first-order valence-corrected chi connectivity index (χ1v) is 7.76. The minimum Gasteiger partial charge on any atom is -0.395 e. The molecule has 1 unspecified atom stereocenters. The summed E-state index contributed by atoms with van der Waals surface area (Å²) >= 11 is 0. The van der Waals surface area contributed by atoms with E-state index in [2.05, 4.69) is 27.7 Å². The smallest absolute Gasteiger partial charge is 0.223 e. The average Bonchev–Trinajstić information content (AvgIpc) is 2.35. The second kappa shape index (κ2) is 7.28. The lowest BCUT2D eigenvalue weighted by Gasteiger charge is -2.36. The van der Waals surface area contributed by atoms with E-state index in [0.717, 1.165) is 12.8 Å². The van der Waals surface area contributed by atoms with Crippen molar-refractivity contribution in [3.8, 4) is 0 Å². The van der Waals surface area contributed by atoms with Crippen LogP contribution in [0.1, 0.15) is 66.2 Å². The number of rotatable bonds is 5. The van der Waals surface area contributed by atoms with Crippen LogP contribution in [0.5, 0.6) is 0 Å². The van der Waals surface area contributed by atoms with E-state index >= 15 is 0 Å². The molecule has 0 heterocycles. The van der Waals surface area contributed by atoms with E-state index in [1.807, 2.05) is 4.90 Å². The van der Waals surface area contributed by atoms with Crippen LogP contribution in [0.4, 0.5) is 0 Å². The topological polar surface area (TPSA) is 40.5 Å². The van der Waals surface area contributed by atoms with Crippen molar-refractivity contribution in [3.63, 3.8) is 0 Å². The molecular weight excluding hydrogens is 238 g/mol. The first kappa shape index (κ1) is 16.5. The zero-order chi connectivity index (χ0) is 14.5. The molecule has 1 aliphatic carbocycles. The highest BCUT2D eigenvalue weighted by Crippen LogP contribution is 2.30. The standard InChI is InChI=1S/C16H31NO2/c1-13(16(2,3)4)12-15(19)17(10-11-18)14-8-6-5-7-9-14/h13-14,18H,5-12H2,1-4H3. The Bertz CT molecular complexity index is 277. The largest absolute Gasteiger partial charge is 0.395 e. The van der Waals surface area contributed by atoms with Gasteiger partial charge >= 0.3 is 0 Å². The molecule has 1 amide bonds. The van der Waals surface area contributed by atoms with Gasteiger partial charge < -0.3 is 10.0 Å². The summed E-state index contributed by atoms with van der Waals surface area (Å²) in [5.74, 6) is 0.591. The lowest BCUT2D eigenvalue weighted by atomic mass is 9.79. The molecule has 1 rings (SSSR count). The van der Waals surface area contributed by atoms with Gasteiger partial charge in [0.1, 0.15) is 0 Å². The summed E-state index contributed by atoms with van der Waals surface area (Å²) in [6.07, 6.45) is 6.53. The maximum atomic E-state index is 12.5.